The Balaban J connectivity index is 3.14. The number of hydrogen-bond acceptors (Lipinski definition) is 2. The fraction of sp³-hybridized carbons (Fsp3) is 0.500. The van der Waals surface area contributed by atoms with Crippen molar-refractivity contribution in [3.63, 3.8) is 0 Å². The van der Waals surface area contributed by atoms with E-state index in [0.717, 1.165) is 11.3 Å². The minimum atomic E-state index is 0.0173. The standard InChI is InChI=1S/C12H19NO/c1-8(2)10-5-6-12(14-4)11(7-10)9(3)13/h5-9H,13H2,1-4H3/t9-/m0/s1. The van der Waals surface area contributed by atoms with Gasteiger partial charge in [-0.2, -0.15) is 0 Å². The largest absolute Gasteiger partial charge is 0.496 e. The van der Waals surface area contributed by atoms with Crippen LogP contribution in [0.15, 0.2) is 18.2 Å². The van der Waals surface area contributed by atoms with Gasteiger partial charge in [0.05, 0.1) is 7.11 Å². The summed E-state index contributed by atoms with van der Waals surface area (Å²) < 4.78 is 5.26. The zero-order valence-corrected chi connectivity index (χ0v) is 9.37. The van der Waals surface area contributed by atoms with Crippen molar-refractivity contribution in [2.24, 2.45) is 5.73 Å². The fourth-order valence-corrected chi connectivity index (χ4v) is 1.47. The van der Waals surface area contributed by atoms with E-state index >= 15 is 0 Å². The molecule has 0 fully saturated rings. The highest BCUT2D eigenvalue weighted by atomic mass is 16.5. The van der Waals surface area contributed by atoms with E-state index in [-0.39, 0.29) is 6.04 Å². The Bertz CT molecular complexity index is 305. The Morgan fingerprint density at radius 2 is 1.86 bits per heavy atom. The molecule has 0 radical (unpaired) electrons. The molecule has 1 atom stereocenters. The molecule has 0 heterocycles. The van der Waals surface area contributed by atoms with Gasteiger partial charge in [0.1, 0.15) is 5.75 Å². The van der Waals surface area contributed by atoms with Crippen LogP contribution in [0.4, 0.5) is 0 Å². The first kappa shape index (κ1) is 11.1. The van der Waals surface area contributed by atoms with E-state index < -0.39 is 0 Å². The number of ether oxygens (including phenoxy) is 1. The van der Waals surface area contributed by atoms with Gasteiger partial charge in [-0.1, -0.05) is 26.0 Å². The number of hydrogen-bond donors (Lipinski definition) is 1. The van der Waals surface area contributed by atoms with Crippen LogP contribution >= 0.6 is 0 Å². The number of benzene rings is 1. The summed E-state index contributed by atoms with van der Waals surface area (Å²) in [6.45, 7) is 6.32. The molecular formula is C12H19NO. The van der Waals surface area contributed by atoms with Crippen molar-refractivity contribution in [3.05, 3.63) is 29.3 Å². The van der Waals surface area contributed by atoms with Crippen molar-refractivity contribution < 1.29 is 4.74 Å². The molecule has 0 bridgehead atoms. The van der Waals surface area contributed by atoms with Gasteiger partial charge in [-0.15, -0.1) is 0 Å². The Hall–Kier alpha value is -1.02. The molecule has 1 aromatic carbocycles. The third-order valence-electron chi connectivity index (χ3n) is 2.41. The monoisotopic (exact) mass is 193 g/mol. The molecule has 2 heteroatoms. The smallest absolute Gasteiger partial charge is 0.123 e. The molecule has 0 saturated heterocycles. The lowest BCUT2D eigenvalue weighted by atomic mass is 9.98. The minimum absolute atomic E-state index is 0.0173. The summed E-state index contributed by atoms with van der Waals surface area (Å²) in [7, 11) is 1.68. The van der Waals surface area contributed by atoms with E-state index in [4.69, 9.17) is 10.5 Å². The van der Waals surface area contributed by atoms with Crippen LogP contribution in [0.5, 0.6) is 5.75 Å². The molecule has 0 aliphatic carbocycles. The van der Waals surface area contributed by atoms with Gasteiger partial charge in [0, 0.05) is 11.6 Å². The number of rotatable bonds is 3. The zero-order valence-electron chi connectivity index (χ0n) is 9.37. The lowest BCUT2D eigenvalue weighted by Crippen LogP contribution is -2.07. The Kier molecular flexibility index (Phi) is 3.53. The van der Waals surface area contributed by atoms with E-state index in [2.05, 4.69) is 26.0 Å². The van der Waals surface area contributed by atoms with Crippen molar-refractivity contribution in [3.8, 4) is 5.75 Å². The predicted molar refractivity (Wildman–Crippen MR) is 59.7 cm³/mol. The first-order chi connectivity index (χ1) is 6.56. The lowest BCUT2D eigenvalue weighted by Gasteiger charge is -2.14. The average molecular weight is 193 g/mol. The summed E-state index contributed by atoms with van der Waals surface area (Å²) in [5.74, 6) is 1.41. The zero-order chi connectivity index (χ0) is 10.7. The average Bonchev–Trinajstić information content (AvgIpc) is 2.16. The van der Waals surface area contributed by atoms with Crippen molar-refractivity contribution in [1.29, 1.82) is 0 Å². The third kappa shape index (κ3) is 2.26. The maximum Gasteiger partial charge on any atom is 0.123 e. The van der Waals surface area contributed by atoms with E-state index in [1.54, 1.807) is 7.11 Å². The van der Waals surface area contributed by atoms with Crippen molar-refractivity contribution in [2.75, 3.05) is 7.11 Å². The van der Waals surface area contributed by atoms with Gasteiger partial charge in [0.15, 0.2) is 0 Å². The minimum Gasteiger partial charge on any atom is -0.496 e. The summed E-state index contributed by atoms with van der Waals surface area (Å²) in [6, 6.07) is 6.24. The van der Waals surface area contributed by atoms with Crippen LogP contribution in [0.3, 0.4) is 0 Å². The van der Waals surface area contributed by atoms with Gasteiger partial charge in [-0.05, 0) is 24.5 Å². The van der Waals surface area contributed by atoms with Crippen LogP contribution in [0.2, 0.25) is 0 Å². The van der Waals surface area contributed by atoms with Gasteiger partial charge in [-0.3, -0.25) is 0 Å². The topological polar surface area (TPSA) is 35.2 Å². The predicted octanol–water partition coefficient (Wildman–Crippen LogP) is 2.84. The number of nitrogens with two attached hydrogens (primary N) is 1. The SMILES string of the molecule is COc1ccc(C(C)C)cc1[C@H](C)N. The molecule has 0 aliphatic rings. The highest BCUT2D eigenvalue weighted by Crippen LogP contribution is 2.27. The summed E-state index contributed by atoms with van der Waals surface area (Å²) in [5.41, 5.74) is 8.27. The second-order valence-electron chi connectivity index (χ2n) is 3.94. The van der Waals surface area contributed by atoms with Gasteiger partial charge in [0.25, 0.3) is 0 Å². The quantitative estimate of drug-likeness (QED) is 0.801. The molecule has 14 heavy (non-hydrogen) atoms. The molecule has 0 saturated carbocycles. The van der Waals surface area contributed by atoms with Crippen molar-refractivity contribution in [1.82, 2.24) is 0 Å². The first-order valence-corrected chi connectivity index (χ1v) is 4.99. The van der Waals surface area contributed by atoms with E-state index in [1.165, 1.54) is 5.56 Å². The maximum atomic E-state index is 5.88. The molecule has 1 aromatic rings. The van der Waals surface area contributed by atoms with Gasteiger partial charge in [-0.25, -0.2) is 0 Å². The van der Waals surface area contributed by atoms with Crippen molar-refractivity contribution >= 4 is 0 Å². The summed E-state index contributed by atoms with van der Waals surface area (Å²) in [4.78, 5) is 0. The van der Waals surface area contributed by atoms with Crippen molar-refractivity contribution in [2.45, 2.75) is 32.7 Å². The van der Waals surface area contributed by atoms with Crippen LogP contribution in [-0.2, 0) is 0 Å². The fourth-order valence-electron chi connectivity index (χ4n) is 1.47. The first-order valence-electron chi connectivity index (χ1n) is 4.99. The van der Waals surface area contributed by atoms with E-state index in [1.807, 2.05) is 13.0 Å². The second-order valence-corrected chi connectivity index (χ2v) is 3.94. The summed E-state index contributed by atoms with van der Waals surface area (Å²) >= 11 is 0. The summed E-state index contributed by atoms with van der Waals surface area (Å²) in [5, 5.41) is 0. The highest BCUT2D eigenvalue weighted by Gasteiger charge is 2.09. The normalized spacial score (nSPS) is 13.0. The Morgan fingerprint density at radius 1 is 1.21 bits per heavy atom. The van der Waals surface area contributed by atoms with Crippen LogP contribution in [0.1, 0.15) is 43.9 Å². The molecule has 0 amide bonds. The van der Waals surface area contributed by atoms with E-state index in [9.17, 15) is 0 Å². The molecule has 2 N–H and O–H groups in total. The third-order valence-corrected chi connectivity index (χ3v) is 2.41. The maximum absolute atomic E-state index is 5.88. The Morgan fingerprint density at radius 3 is 2.29 bits per heavy atom. The van der Waals surface area contributed by atoms with Crippen LogP contribution < -0.4 is 10.5 Å². The van der Waals surface area contributed by atoms with Crippen LogP contribution in [-0.4, -0.2) is 7.11 Å². The molecule has 0 aromatic heterocycles. The number of methoxy groups -OCH3 is 1. The molecule has 2 nitrogen and oxygen atoms in total. The van der Waals surface area contributed by atoms with Gasteiger partial charge in [0.2, 0.25) is 0 Å². The molecule has 0 aliphatic heterocycles. The molecule has 78 valence electrons. The van der Waals surface area contributed by atoms with Crippen LogP contribution in [0, 0.1) is 0 Å². The van der Waals surface area contributed by atoms with Gasteiger partial charge < -0.3 is 10.5 Å². The molecule has 0 spiro atoms. The molecule has 0 unspecified atom stereocenters. The summed E-state index contributed by atoms with van der Waals surface area (Å²) in [6.07, 6.45) is 0. The molecule has 1 rings (SSSR count). The Labute approximate surface area is 86.1 Å². The lowest BCUT2D eigenvalue weighted by molar-refractivity contribution is 0.406. The van der Waals surface area contributed by atoms with Crippen LogP contribution in [0.25, 0.3) is 0 Å². The van der Waals surface area contributed by atoms with E-state index in [0.29, 0.717) is 5.92 Å². The van der Waals surface area contributed by atoms with Gasteiger partial charge >= 0.3 is 0 Å². The second kappa shape index (κ2) is 4.47. The highest BCUT2D eigenvalue weighted by molar-refractivity contribution is 5.40. The molecular weight excluding hydrogens is 174 g/mol.